The number of nitrogens with two attached hydrogens (primary N) is 1. The third kappa shape index (κ3) is 2.81. The Labute approximate surface area is 138 Å². The Morgan fingerprint density at radius 3 is 2.81 bits per heavy atom. The van der Waals surface area contributed by atoms with Crippen molar-refractivity contribution in [2.45, 2.75) is 0 Å². The minimum absolute atomic E-state index is 0.217. The number of aromatic amines is 1. The molecule has 0 aliphatic carbocycles. The first-order chi connectivity index (χ1) is 10.0. The van der Waals surface area contributed by atoms with E-state index in [1.165, 1.54) is 6.33 Å². The third-order valence-electron chi connectivity index (χ3n) is 3.01. The van der Waals surface area contributed by atoms with E-state index < -0.39 is 0 Å². The summed E-state index contributed by atoms with van der Waals surface area (Å²) in [5.41, 5.74) is 8.20. The van der Waals surface area contributed by atoms with Gasteiger partial charge in [0.1, 0.15) is 0 Å². The molecule has 3 aromatic rings. The third-order valence-corrected chi connectivity index (χ3v) is 4.00. The van der Waals surface area contributed by atoms with E-state index in [2.05, 4.69) is 37.9 Å². The van der Waals surface area contributed by atoms with Gasteiger partial charge < -0.3 is 16.0 Å². The van der Waals surface area contributed by atoms with Gasteiger partial charge in [0, 0.05) is 3.57 Å². The molecular weight excluding hydrogens is 403 g/mol. The molecule has 0 unspecified atom stereocenters. The maximum atomic E-state index is 11.7. The smallest absolute Gasteiger partial charge is 0.258 e. The van der Waals surface area contributed by atoms with E-state index in [1.54, 1.807) is 12.1 Å². The van der Waals surface area contributed by atoms with Crippen LogP contribution in [0.25, 0.3) is 10.9 Å². The number of hydrogen-bond acceptors (Lipinski definition) is 4. The average molecular weight is 413 g/mol. The Bertz CT molecular complexity index is 894. The predicted octanol–water partition coefficient (Wildman–Crippen LogP) is 3.51. The highest BCUT2D eigenvalue weighted by molar-refractivity contribution is 14.1. The summed E-state index contributed by atoms with van der Waals surface area (Å²) in [6.07, 6.45) is 1.36. The molecule has 0 saturated heterocycles. The first-order valence-electron chi connectivity index (χ1n) is 6.03. The van der Waals surface area contributed by atoms with Gasteiger partial charge in [-0.1, -0.05) is 11.6 Å². The molecule has 0 spiro atoms. The van der Waals surface area contributed by atoms with Crippen LogP contribution >= 0.6 is 34.2 Å². The standard InChI is InChI=1S/C14H10ClIN4O/c15-9-3-7(16)1-2-11(9)20-13-5-12-8(4-10(13)17)14(21)19-6-18-12/h1-6,20H,17H2,(H,18,19,21). The second-order valence-electron chi connectivity index (χ2n) is 4.44. The summed E-state index contributed by atoms with van der Waals surface area (Å²) in [7, 11) is 0. The number of nitrogens with zero attached hydrogens (tertiary/aromatic N) is 1. The second-order valence-corrected chi connectivity index (χ2v) is 6.09. The fourth-order valence-electron chi connectivity index (χ4n) is 1.98. The number of halogens is 2. The molecule has 1 aromatic heterocycles. The van der Waals surface area contributed by atoms with E-state index in [1.807, 2.05) is 18.2 Å². The van der Waals surface area contributed by atoms with Gasteiger partial charge in [-0.25, -0.2) is 4.98 Å². The molecule has 106 valence electrons. The largest absolute Gasteiger partial charge is 0.397 e. The molecule has 0 bridgehead atoms. The van der Waals surface area contributed by atoms with E-state index in [0.29, 0.717) is 27.3 Å². The van der Waals surface area contributed by atoms with Gasteiger partial charge in [-0.3, -0.25) is 4.79 Å². The lowest BCUT2D eigenvalue weighted by molar-refractivity contribution is 1.17. The summed E-state index contributed by atoms with van der Waals surface area (Å²) in [6, 6.07) is 9.00. The van der Waals surface area contributed by atoms with Crippen LogP contribution in [0.5, 0.6) is 0 Å². The van der Waals surface area contributed by atoms with Crippen LogP contribution in [0.4, 0.5) is 17.1 Å². The number of H-pyrrole nitrogens is 1. The van der Waals surface area contributed by atoms with Crippen LogP contribution in [0.2, 0.25) is 5.02 Å². The van der Waals surface area contributed by atoms with Crippen molar-refractivity contribution in [3.8, 4) is 0 Å². The number of aromatic nitrogens is 2. The molecule has 3 rings (SSSR count). The summed E-state index contributed by atoms with van der Waals surface area (Å²) in [6.45, 7) is 0. The second kappa shape index (κ2) is 5.53. The molecule has 5 nitrogen and oxygen atoms in total. The Balaban J connectivity index is 2.08. The monoisotopic (exact) mass is 412 g/mol. The molecule has 2 aromatic carbocycles. The molecule has 0 amide bonds. The zero-order valence-electron chi connectivity index (χ0n) is 10.7. The number of nitrogen functional groups attached to an aromatic ring is 1. The zero-order chi connectivity index (χ0) is 15.0. The number of benzene rings is 2. The average Bonchev–Trinajstić information content (AvgIpc) is 2.44. The van der Waals surface area contributed by atoms with E-state index in [9.17, 15) is 4.79 Å². The predicted molar refractivity (Wildman–Crippen MR) is 94.2 cm³/mol. The molecule has 1 heterocycles. The molecule has 0 atom stereocenters. The van der Waals surface area contributed by atoms with Crippen LogP contribution in [-0.4, -0.2) is 9.97 Å². The Morgan fingerprint density at radius 2 is 2.05 bits per heavy atom. The van der Waals surface area contributed by atoms with Crippen molar-refractivity contribution < 1.29 is 0 Å². The van der Waals surface area contributed by atoms with E-state index in [-0.39, 0.29) is 5.56 Å². The van der Waals surface area contributed by atoms with Crippen LogP contribution in [-0.2, 0) is 0 Å². The van der Waals surface area contributed by atoms with Gasteiger partial charge in [0.05, 0.1) is 39.3 Å². The fraction of sp³-hybridized carbons (Fsp3) is 0. The summed E-state index contributed by atoms with van der Waals surface area (Å²) in [5, 5.41) is 4.22. The van der Waals surface area contributed by atoms with Gasteiger partial charge in [-0.15, -0.1) is 0 Å². The fourth-order valence-corrected chi connectivity index (χ4v) is 2.88. The van der Waals surface area contributed by atoms with Gasteiger partial charge in [0.15, 0.2) is 0 Å². The van der Waals surface area contributed by atoms with Crippen molar-refractivity contribution in [2.24, 2.45) is 0 Å². The highest BCUT2D eigenvalue weighted by Crippen LogP contribution is 2.31. The number of rotatable bonds is 2. The maximum Gasteiger partial charge on any atom is 0.258 e. The Morgan fingerprint density at radius 1 is 1.24 bits per heavy atom. The number of anilines is 3. The summed E-state index contributed by atoms with van der Waals surface area (Å²) >= 11 is 8.39. The Hall–Kier alpha value is -1.80. The van der Waals surface area contributed by atoms with Crippen LogP contribution in [0.1, 0.15) is 0 Å². The minimum atomic E-state index is -0.217. The molecule has 0 radical (unpaired) electrons. The summed E-state index contributed by atoms with van der Waals surface area (Å²) in [5.74, 6) is 0. The minimum Gasteiger partial charge on any atom is -0.397 e. The van der Waals surface area contributed by atoms with Crippen molar-refractivity contribution in [1.29, 1.82) is 0 Å². The van der Waals surface area contributed by atoms with Crippen molar-refractivity contribution in [3.63, 3.8) is 0 Å². The first kappa shape index (κ1) is 14.2. The molecule has 0 aliphatic rings. The SMILES string of the molecule is Nc1cc2c(=O)[nH]cnc2cc1Nc1ccc(I)cc1Cl. The van der Waals surface area contributed by atoms with Crippen molar-refractivity contribution >= 4 is 62.2 Å². The van der Waals surface area contributed by atoms with E-state index >= 15 is 0 Å². The Kier molecular flexibility index (Phi) is 3.73. The van der Waals surface area contributed by atoms with Crippen molar-refractivity contribution in [3.05, 3.63) is 55.6 Å². The number of nitrogens with one attached hydrogen (secondary N) is 2. The lowest BCUT2D eigenvalue weighted by atomic mass is 10.2. The van der Waals surface area contributed by atoms with Gasteiger partial charge in [0.2, 0.25) is 0 Å². The zero-order valence-corrected chi connectivity index (χ0v) is 13.6. The molecule has 21 heavy (non-hydrogen) atoms. The highest BCUT2D eigenvalue weighted by atomic mass is 127. The van der Waals surface area contributed by atoms with Gasteiger partial charge in [0.25, 0.3) is 5.56 Å². The molecule has 7 heteroatoms. The summed E-state index contributed by atoms with van der Waals surface area (Å²) in [4.78, 5) is 18.4. The van der Waals surface area contributed by atoms with Gasteiger partial charge in [-0.2, -0.15) is 0 Å². The topological polar surface area (TPSA) is 83.8 Å². The quantitative estimate of drug-likeness (QED) is 0.444. The van der Waals surface area contributed by atoms with Gasteiger partial charge in [-0.05, 0) is 52.9 Å². The van der Waals surface area contributed by atoms with Crippen LogP contribution in [0.15, 0.2) is 41.5 Å². The maximum absolute atomic E-state index is 11.7. The lowest BCUT2D eigenvalue weighted by Gasteiger charge is -2.12. The summed E-state index contributed by atoms with van der Waals surface area (Å²) < 4.78 is 1.04. The van der Waals surface area contributed by atoms with E-state index in [4.69, 9.17) is 17.3 Å². The van der Waals surface area contributed by atoms with Gasteiger partial charge >= 0.3 is 0 Å². The van der Waals surface area contributed by atoms with E-state index in [0.717, 1.165) is 9.26 Å². The van der Waals surface area contributed by atoms with Crippen molar-refractivity contribution in [2.75, 3.05) is 11.1 Å². The van der Waals surface area contributed by atoms with Crippen LogP contribution in [0, 0.1) is 3.57 Å². The molecular formula is C14H10ClIN4O. The number of fused-ring (bicyclic) bond motifs is 1. The molecule has 0 fully saturated rings. The molecule has 0 saturated carbocycles. The van der Waals surface area contributed by atoms with Crippen LogP contribution in [0.3, 0.4) is 0 Å². The first-order valence-corrected chi connectivity index (χ1v) is 7.49. The van der Waals surface area contributed by atoms with Crippen LogP contribution < -0.4 is 16.6 Å². The molecule has 4 N–H and O–H groups in total. The normalized spacial score (nSPS) is 10.8. The molecule has 0 aliphatic heterocycles. The lowest BCUT2D eigenvalue weighted by Crippen LogP contribution is -2.07. The number of hydrogen-bond donors (Lipinski definition) is 3. The highest BCUT2D eigenvalue weighted by Gasteiger charge is 2.08. The van der Waals surface area contributed by atoms with Crippen molar-refractivity contribution in [1.82, 2.24) is 9.97 Å².